The third-order valence-corrected chi connectivity index (χ3v) is 6.11. The van der Waals surface area contributed by atoms with E-state index in [-0.39, 0.29) is 11.9 Å². The zero-order valence-corrected chi connectivity index (χ0v) is 18.7. The van der Waals surface area contributed by atoms with Gasteiger partial charge in [0.15, 0.2) is 5.65 Å². The van der Waals surface area contributed by atoms with Gasteiger partial charge < -0.3 is 9.80 Å². The number of fused-ring (bicyclic) bond motifs is 2. The lowest BCUT2D eigenvalue weighted by molar-refractivity contribution is 0.0753. The Kier molecular flexibility index (Phi) is 5.13. The molecule has 0 saturated heterocycles. The number of nitrogens with zero attached hydrogens (tertiary/aromatic N) is 5. The SMILES string of the molecule is CC(C)n1ncc2c(C(=O)N3CCN(C)c4ccccc4C3)cc(-c3ccccc3)nc21. The average Bonchev–Trinajstić information content (AvgIpc) is 3.18. The third kappa shape index (κ3) is 3.51. The van der Waals surface area contributed by atoms with E-state index >= 15 is 0 Å². The number of para-hydroxylation sites is 1. The lowest BCUT2D eigenvalue weighted by Crippen LogP contribution is -2.34. The van der Waals surface area contributed by atoms with Crippen LogP contribution in [0.3, 0.4) is 0 Å². The van der Waals surface area contributed by atoms with Gasteiger partial charge in [0.25, 0.3) is 5.91 Å². The average molecular weight is 426 g/mol. The van der Waals surface area contributed by atoms with Crippen LogP contribution in [0, 0.1) is 0 Å². The van der Waals surface area contributed by atoms with Crippen molar-refractivity contribution in [1.29, 1.82) is 0 Å². The van der Waals surface area contributed by atoms with Crippen molar-refractivity contribution in [2.75, 3.05) is 25.0 Å². The number of rotatable bonds is 3. The van der Waals surface area contributed by atoms with E-state index in [0.717, 1.165) is 34.4 Å². The molecule has 5 rings (SSSR count). The highest BCUT2D eigenvalue weighted by Gasteiger charge is 2.25. The minimum atomic E-state index is 0.0167. The molecule has 4 aromatic rings. The predicted octanol–water partition coefficient (Wildman–Crippen LogP) is 4.77. The second-order valence-corrected chi connectivity index (χ2v) is 8.62. The Labute approximate surface area is 188 Å². The molecule has 0 N–H and O–H groups in total. The van der Waals surface area contributed by atoms with Gasteiger partial charge in [-0.3, -0.25) is 4.79 Å². The largest absolute Gasteiger partial charge is 0.373 e. The summed E-state index contributed by atoms with van der Waals surface area (Å²) >= 11 is 0. The molecule has 0 spiro atoms. The topological polar surface area (TPSA) is 54.3 Å². The maximum absolute atomic E-state index is 13.9. The van der Waals surface area contributed by atoms with Crippen molar-refractivity contribution >= 4 is 22.6 Å². The summed E-state index contributed by atoms with van der Waals surface area (Å²) < 4.78 is 1.89. The number of likely N-dealkylation sites (N-methyl/N-ethyl adjacent to an activating group) is 1. The van der Waals surface area contributed by atoms with E-state index in [2.05, 4.69) is 43.0 Å². The second-order valence-electron chi connectivity index (χ2n) is 8.62. The zero-order chi connectivity index (χ0) is 22.2. The zero-order valence-electron chi connectivity index (χ0n) is 18.7. The van der Waals surface area contributed by atoms with Crippen molar-refractivity contribution in [2.45, 2.75) is 26.4 Å². The molecule has 2 aromatic heterocycles. The van der Waals surface area contributed by atoms with Crippen LogP contribution in [0.15, 0.2) is 66.9 Å². The van der Waals surface area contributed by atoms with Crippen LogP contribution in [0.4, 0.5) is 5.69 Å². The molecular weight excluding hydrogens is 398 g/mol. The fraction of sp³-hybridized carbons (Fsp3) is 0.269. The first-order valence-electron chi connectivity index (χ1n) is 11.0. The van der Waals surface area contributed by atoms with Crippen LogP contribution in [0.5, 0.6) is 0 Å². The van der Waals surface area contributed by atoms with Crippen LogP contribution in [0.2, 0.25) is 0 Å². The Morgan fingerprint density at radius 2 is 1.75 bits per heavy atom. The van der Waals surface area contributed by atoms with Gasteiger partial charge in [-0.1, -0.05) is 48.5 Å². The van der Waals surface area contributed by atoms with Crippen LogP contribution < -0.4 is 4.90 Å². The van der Waals surface area contributed by atoms with E-state index in [4.69, 9.17) is 4.98 Å². The van der Waals surface area contributed by atoms with Gasteiger partial charge in [-0.25, -0.2) is 9.67 Å². The van der Waals surface area contributed by atoms with E-state index in [1.807, 2.05) is 58.1 Å². The number of aromatic nitrogens is 3. The summed E-state index contributed by atoms with van der Waals surface area (Å²) in [4.78, 5) is 23.0. The number of carbonyl (C=O) groups is 1. The standard InChI is InChI=1S/C26H27N5O/c1-18(2)31-25-22(16-27-31)21(15-23(28-25)19-9-5-4-6-10-19)26(32)30-14-13-29(3)24-12-8-7-11-20(24)17-30/h4-12,15-16,18H,13-14,17H2,1-3H3. The van der Waals surface area contributed by atoms with Crippen molar-refractivity contribution in [1.82, 2.24) is 19.7 Å². The molecule has 0 aliphatic carbocycles. The van der Waals surface area contributed by atoms with Crippen molar-refractivity contribution < 1.29 is 4.79 Å². The van der Waals surface area contributed by atoms with Crippen LogP contribution in [0.1, 0.15) is 35.8 Å². The monoisotopic (exact) mass is 425 g/mol. The first kappa shape index (κ1) is 20.2. The highest BCUT2D eigenvalue weighted by atomic mass is 16.2. The smallest absolute Gasteiger partial charge is 0.255 e. The molecular formula is C26H27N5O. The summed E-state index contributed by atoms with van der Waals surface area (Å²) in [5.41, 5.74) is 5.52. The molecule has 1 amide bonds. The van der Waals surface area contributed by atoms with Crippen molar-refractivity contribution in [3.8, 4) is 11.3 Å². The number of hydrogen-bond donors (Lipinski definition) is 0. The van der Waals surface area contributed by atoms with Crippen LogP contribution in [-0.2, 0) is 6.54 Å². The lowest BCUT2D eigenvalue weighted by atomic mass is 10.1. The van der Waals surface area contributed by atoms with Gasteiger partial charge in [-0.2, -0.15) is 5.10 Å². The molecule has 162 valence electrons. The maximum Gasteiger partial charge on any atom is 0.255 e. The first-order valence-corrected chi connectivity index (χ1v) is 11.0. The molecule has 0 fully saturated rings. The fourth-order valence-corrected chi connectivity index (χ4v) is 4.37. The number of anilines is 1. The Morgan fingerprint density at radius 3 is 2.53 bits per heavy atom. The number of hydrogen-bond acceptors (Lipinski definition) is 4. The summed E-state index contributed by atoms with van der Waals surface area (Å²) in [6, 6.07) is 20.4. The molecule has 32 heavy (non-hydrogen) atoms. The molecule has 1 aliphatic rings. The van der Waals surface area contributed by atoms with Crippen LogP contribution in [-0.4, -0.2) is 45.7 Å². The highest BCUT2D eigenvalue weighted by molar-refractivity contribution is 6.06. The Hall–Kier alpha value is -3.67. The number of carbonyl (C=O) groups excluding carboxylic acids is 1. The van der Waals surface area contributed by atoms with Gasteiger partial charge in [-0.15, -0.1) is 0 Å². The van der Waals surface area contributed by atoms with E-state index in [1.54, 1.807) is 6.20 Å². The summed E-state index contributed by atoms with van der Waals surface area (Å²) in [5.74, 6) is 0.0167. The number of benzene rings is 2. The van der Waals surface area contributed by atoms with Gasteiger partial charge in [-0.05, 0) is 31.5 Å². The molecule has 3 heterocycles. The first-order chi connectivity index (χ1) is 15.5. The van der Waals surface area contributed by atoms with E-state index in [9.17, 15) is 4.79 Å². The molecule has 2 aromatic carbocycles. The molecule has 0 saturated carbocycles. The quantitative estimate of drug-likeness (QED) is 0.474. The van der Waals surface area contributed by atoms with Crippen LogP contribution in [0.25, 0.3) is 22.3 Å². The normalized spacial score (nSPS) is 14.0. The number of amides is 1. The summed E-state index contributed by atoms with van der Waals surface area (Å²) in [6.07, 6.45) is 1.78. The minimum Gasteiger partial charge on any atom is -0.373 e. The molecule has 1 aliphatic heterocycles. The van der Waals surface area contributed by atoms with Gasteiger partial charge in [0.2, 0.25) is 0 Å². The third-order valence-electron chi connectivity index (χ3n) is 6.11. The van der Waals surface area contributed by atoms with Crippen LogP contribution >= 0.6 is 0 Å². The van der Waals surface area contributed by atoms with Gasteiger partial charge >= 0.3 is 0 Å². The van der Waals surface area contributed by atoms with Gasteiger partial charge in [0, 0.05) is 44.0 Å². The van der Waals surface area contributed by atoms with Crippen molar-refractivity contribution in [3.05, 3.63) is 78.0 Å². The van der Waals surface area contributed by atoms with E-state index in [0.29, 0.717) is 18.7 Å². The Morgan fingerprint density at radius 1 is 1.00 bits per heavy atom. The molecule has 6 heteroatoms. The Bertz CT molecular complexity index is 1280. The predicted molar refractivity (Wildman–Crippen MR) is 128 cm³/mol. The summed E-state index contributed by atoms with van der Waals surface area (Å²) in [7, 11) is 2.08. The molecule has 0 radical (unpaired) electrons. The van der Waals surface area contributed by atoms with E-state index < -0.39 is 0 Å². The Balaban J connectivity index is 1.62. The van der Waals surface area contributed by atoms with Gasteiger partial charge in [0.05, 0.1) is 22.8 Å². The van der Waals surface area contributed by atoms with Crippen molar-refractivity contribution in [3.63, 3.8) is 0 Å². The van der Waals surface area contributed by atoms with E-state index in [1.165, 1.54) is 5.69 Å². The summed E-state index contributed by atoms with van der Waals surface area (Å²) in [6.45, 7) is 6.18. The number of pyridine rings is 1. The lowest BCUT2D eigenvalue weighted by Gasteiger charge is -2.22. The summed E-state index contributed by atoms with van der Waals surface area (Å²) in [5, 5.41) is 5.36. The molecule has 6 nitrogen and oxygen atoms in total. The fourth-order valence-electron chi connectivity index (χ4n) is 4.37. The highest BCUT2D eigenvalue weighted by Crippen LogP contribution is 2.29. The molecule has 0 atom stereocenters. The maximum atomic E-state index is 13.9. The van der Waals surface area contributed by atoms with Gasteiger partial charge in [0.1, 0.15) is 0 Å². The van der Waals surface area contributed by atoms with Crippen molar-refractivity contribution in [2.24, 2.45) is 0 Å². The molecule has 0 unspecified atom stereocenters. The molecule has 0 bridgehead atoms. The minimum absolute atomic E-state index is 0.0167. The second kappa shape index (κ2) is 8.11.